The molecule has 24 heavy (non-hydrogen) atoms. The molecule has 0 saturated heterocycles. The molecule has 0 aliphatic heterocycles. The zero-order chi connectivity index (χ0) is 17.4. The Morgan fingerprint density at radius 1 is 1.00 bits per heavy atom. The van der Waals surface area contributed by atoms with E-state index < -0.39 is 5.97 Å². The van der Waals surface area contributed by atoms with Crippen molar-refractivity contribution in [2.45, 2.75) is 12.8 Å². The lowest BCUT2D eigenvalue weighted by atomic mass is 10.1. The Kier molecular flexibility index (Phi) is 6.25. The standard InChI is InChI=1S/C19H17FO4/c1-23-19(22)13-15-7-11-17(12-8-15)24-18(21)4-2-3-14-5-9-16(20)10-6-14/h2-3,5-12H,4,13H2,1H3. The molecule has 124 valence electrons. The van der Waals surface area contributed by atoms with Gasteiger partial charge in [-0.2, -0.15) is 0 Å². The van der Waals surface area contributed by atoms with Gasteiger partial charge in [-0.1, -0.05) is 36.4 Å². The van der Waals surface area contributed by atoms with Gasteiger partial charge in [0.2, 0.25) is 0 Å². The van der Waals surface area contributed by atoms with Crippen LogP contribution in [0, 0.1) is 5.82 Å². The van der Waals surface area contributed by atoms with Crippen LogP contribution in [-0.2, 0) is 20.7 Å². The van der Waals surface area contributed by atoms with Crippen molar-refractivity contribution in [2.24, 2.45) is 0 Å². The van der Waals surface area contributed by atoms with Crippen molar-refractivity contribution in [1.29, 1.82) is 0 Å². The minimum atomic E-state index is -0.408. The molecular formula is C19H17FO4. The highest BCUT2D eigenvalue weighted by Crippen LogP contribution is 2.14. The maximum atomic E-state index is 12.8. The van der Waals surface area contributed by atoms with Gasteiger partial charge in [-0.3, -0.25) is 9.59 Å². The lowest BCUT2D eigenvalue weighted by Crippen LogP contribution is -2.07. The van der Waals surface area contributed by atoms with Gasteiger partial charge in [-0.05, 0) is 35.4 Å². The summed E-state index contributed by atoms with van der Waals surface area (Å²) in [5.41, 5.74) is 1.58. The quantitative estimate of drug-likeness (QED) is 0.601. The summed E-state index contributed by atoms with van der Waals surface area (Å²) in [5, 5.41) is 0. The zero-order valence-corrected chi connectivity index (χ0v) is 13.2. The summed E-state index contributed by atoms with van der Waals surface area (Å²) in [4.78, 5) is 22.9. The first-order valence-corrected chi connectivity index (χ1v) is 7.35. The third-order valence-corrected chi connectivity index (χ3v) is 3.20. The molecule has 0 aliphatic carbocycles. The summed E-state index contributed by atoms with van der Waals surface area (Å²) < 4.78 is 22.5. The Bertz CT molecular complexity index is 718. The zero-order valence-electron chi connectivity index (χ0n) is 13.2. The summed E-state index contributed by atoms with van der Waals surface area (Å²) in [6.07, 6.45) is 3.65. The fourth-order valence-electron chi connectivity index (χ4n) is 1.95. The predicted octanol–water partition coefficient (Wildman–Crippen LogP) is 3.55. The van der Waals surface area contributed by atoms with Crippen LogP contribution in [0.2, 0.25) is 0 Å². The third-order valence-electron chi connectivity index (χ3n) is 3.20. The monoisotopic (exact) mass is 328 g/mol. The molecule has 0 radical (unpaired) electrons. The summed E-state index contributed by atoms with van der Waals surface area (Å²) in [7, 11) is 1.33. The molecule has 0 heterocycles. The first kappa shape index (κ1) is 17.4. The molecule has 0 aromatic heterocycles. The maximum absolute atomic E-state index is 12.8. The van der Waals surface area contributed by atoms with Gasteiger partial charge >= 0.3 is 11.9 Å². The van der Waals surface area contributed by atoms with E-state index in [0.29, 0.717) is 5.75 Å². The third kappa shape index (κ3) is 5.68. The van der Waals surface area contributed by atoms with Gasteiger partial charge in [0.25, 0.3) is 0 Å². The smallest absolute Gasteiger partial charge is 0.315 e. The van der Waals surface area contributed by atoms with Crippen molar-refractivity contribution < 1.29 is 23.5 Å². The van der Waals surface area contributed by atoms with Gasteiger partial charge in [0.05, 0.1) is 20.0 Å². The highest BCUT2D eigenvalue weighted by Gasteiger charge is 2.05. The minimum Gasteiger partial charge on any atom is -0.469 e. The van der Waals surface area contributed by atoms with E-state index >= 15 is 0 Å². The predicted molar refractivity (Wildman–Crippen MR) is 87.8 cm³/mol. The molecule has 0 amide bonds. The van der Waals surface area contributed by atoms with E-state index in [1.807, 2.05) is 0 Å². The topological polar surface area (TPSA) is 52.6 Å². The maximum Gasteiger partial charge on any atom is 0.315 e. The van der Waals surface area contributed by atoms with Crippen LogP contribution in [0.1, 0.15) is 17.5 Å². The average Bonchev–Trinajstić information content (AvgIpc) is 2.58. The number of methoxy groups -OCH3 is 1. The second-order valence-electron chi connectivity index (χ2n) is 5.03. The molecule has 4 nitrogen and oxygen atoms in total. The Labute approximate surface area is 139 Å². The van der Waals surface area contributed by atoms with E-state index in [9.17, 15) is 14.0 Å². The second-order valence-corrected chi connectivity index (χ2v) is 5.03. The lowest BCUT2D eigenvalue weighted by molar-refractivity contribution is -0.139. The fraction of sp³-hybridized carbons (Fsp3) is 0.158. The number of ether oxygens (including phenoxy) is 2. The number of halogens is 1. The molecular weight excluding hydrogens is 311 g/mol. The number of hydrogen-bond acceptors (Lipinski definition) is 4. The van der Waals surface area contributed by atoms with Crippen LogP contribution >= 0.6 is 0 Å². The molecule has 0 unspecified atom stereocenters. The highest BCUT2D eigenvalue weighted by atomic mass is 19.1. The molecule has 0 atom stereocenters. The summed E-state index contributed by atoms with van der Waals surface area (Å²) in [6, 6.07) is 12.6. The Hall–Kier alpha value is -2.95. The number of esters is 2. The number of carbonyl (C=O) groups excluding carboxylic acids is 2. The van der Waals surface area contributed by atoms with Crippen molar-refractivity contribution in [3.8, 4) is 5.75 Å². The first-order valence-electron chi connectivity index (χ1n) is 7.35. The number of carbonyl (C=O) groups is 2. The number of rotatable bonds is 6. The molecule has 5 heteroatoms. The number of hydrogen-bond donors (Lipinski definition) is 0. The van der Waals surface area contributed by atoms with E-state index in [2.05, 4.69) is 4.74 Å². The van der Waals surface area contributed by atoms with E-state index in [1.165, 1.54) is 19.2 Å². The molecule has 2 aromatic carbocycles. The van der Waals surface area contributed by atoms with Crippen molar-refractivity contribution >= 4 is 18.0 Å². The molecule has 2 rings (SSSR count). The van der Waals surface area contributed by atoms with E-state index in [4.69, 9.17) is 4.74 Å². The average molecular weight is 328 g/mol. The largest absolute Gasteiger partial charge is 0.469 e. The number of benzene rings is 2. The fourth-order valence-corrected chi connectivity index (χ4v) is 1.95. The lowest BCUT2D eigenvalue weighted by Gasteiger charge is -2.04. The van der Waals surface area contributed by atoms with Crippen molar-refractivity contribution in [3.63, 3.8) is 0 Å². The molecule has 0 saturated carbocycles. The van der Waals surface area contributed by atoms with Gasteiger partial charge in [-0.15, -0.1) is 0 Å². The molecule has 0 spiro atoms. The van der Waals surface area contributed by atoms with Gasteiger partial charge in [0.1, 0.15) is 11.6 Å². The second kappa shape index (κ2) is 8.62. The van der Waals surface area contributed by atoms with Crippen LogP contribution in [0.3, 0.4) is 0 Å². The van der Waals surface area contributed by atoms with Crippen LogP contribution < -0.4 is 4.74 Å². The van der Waals surface area contributed by atoms with Crippen molar-refractivity contribution in [1.82, 2.24) is 0 Å². The van der Waals surface area contributed by atoms with Crippen molar-refractivity contribution in [2.75, 3.05) is 7.11 Å². The van der Waals surface area contributed by atoms with Crippen LogP contribution in [-0.4, -0.2) is 19.0 Å². The Morgan fingerprint density at radius 2 is 1.67 bits per heavy atom. The Balaban J connectivity index is 1.83. The van der Waals surface area contributed by atoms with Crippen LogP contribution in [0.5, 0.6) is 5.75 Å². The highest BCUT2D eigenvalue weighted by molar-refractivity contribution is 5.75. The normalized spacial score (nSPS) is 10.6. The molecule has 0 fully saturated rings. The molecule has 0 bridgehead atoms. The van der Waals surface area contributed by atoms with Crippen LogP contribution in [0.25, 0.3) is 6.08 Å². The minimum absolute atomic E-state index is 0.0985. The van der Waals surface area contributed by atoms with Gasteiger partial charge < -0.3 is 9.47 Å². The van der Waals surface area contributed by atoms with E-state index in [1.54, 1.807) is 48.6 Å². The van der Waals surface area contributed by atoms with Gasteiger partial charge in [0, 0.05) is 0 Å². The summed E-state index contributed by atoms with van der Waals surface area (Å²) in [5.74, 6) is -0.634. The van der Waals surface area contributed by atoms with Gasteiger partial charge in [-0.25, -0.2) is 4.39 Å². The molecule has 2 aromatic rings. The van der Waals surface area contributed by atoms with Crippen LogP contribution in [0.15, 0.2) is 54.6 Å². The van der Waals surface area contributed by atoms with Crippen molar-refractivity contribution in [3.05, 3.63) is 71.6 Å². The Morgan fingerprint density at radius 3 is 2.29 bits per heavy atom. The SMILES string of the molecule is COC(=O)Cc1ccc(OC(=O)CC=Cc2ccc(F)cc2)cc1. The van der Waals surface area contributed by atoms with E-state index in [-0.39, 0.29) is 24.6 Å². The first-order chi connectivity index (χ1) is 11.6. The van der Waals surface area contributed by atoms with E-state index in [0.717, 1.165) is 11.1 Å². The summed E-state index contributed by atoms with van der Waals surface area (Å²) in [6.45, 7) is 0. The molecule has 0 aliphatic rings. The summed E-state index contributed by atoms with van der Waals surface area (Å²) >= 11 is 0. The van der Waals surface area contributed by atoms with Crippen LogP contribution in [0.4, 0.5) is 4.39 Å². The van der Waals surface area contributed by atoms with Gasteiger partial charge in [0.15, 0.2) is 0 Å². The molecule has 0 N–H and O–H groups in total.